The van der Waals surface area contributed by atoms with E-state index < -0.39 is 21.5 Å². The first-order chi connectivity index (χ1) is 7.91. The van der Waals surface area contributed by atoms with Crippen LogP contribution in [0.3, 0.4) is 0 Å². The second kappa shape index (κ2) is 3.97. The van der Waals surface area contributed by atoms with Crippen molar-refractivity contribution >= 4 is 21.6 Å². The molecule has 2 unspecified atom stereocenters. The van der Waals surface area contributed by atoms with Crippen LogP contribution in [-0.2, 0) is 19.7 Å². The molecule has 17 heavy (non-hydrogen) atoms. The maximum Gasteiger partial charge on any atom is 0.281 e. The highest BCUT2D eigenvalue weighted by molar-refractivity contribution is 7.90. The van der Waals surface area contributed by atoms with Crippen molar-refractivity contribution in [3.05, 3.63) is 0 Å². The molecule has 2 aliphatic rings. The minimum absolute atomic E-state index is 0.0884. The third-order valence-corrected chi connectivity index (χ3v) is 4.73. The summed E-state index contributed by atoms with van der Waals surface area (Å²) in [6, 6.07) is 0. The zero-order chi connectivity index (χ0) is 12.7. The molecule has 1 heterocycles. The average molecular weight is 260 g/mol. The van der Waals surface area contributed by atoms with Crippen LogP contribution in [0.25, 0.3) is 0 Å². The maximum absolute atomic E-state index is 12.1. The Morgan fingerprint density at radius 2 is 2.35 bits per heavy atom. The number of carbonyl (C=O) groups is 1. The lowest BCUT2D eigenvalue weighted by molar-refractivity contribution is -0.144. The molecule has 1 saturated carbocycles. The van der Waals surface area contributed by atoms with E-state index in [9.17, 15) is 13.2 Å². The molecule has 0 aromatic rings. The van der Waals surface area contributed by atoms with Crippen molar-refractivity contribution in [1.82, 2.24) is 4.72 Å². The topological polar surface area (TPSA) is 84.8 Å². The van der Waals surface area contributed by atoms with Gasteiger partial charge in [-0.25, -0.2) is 13.1 Å². The van der Waals surface area contributed by atoms with Crippen LogP contribution in [0, 0.1) is 5.92 Å². The van der Waals surface area contributed by atoms with Crippen molar-refractivity contribution in [2.45, 2.75) is 38.7 Å². The molecule has 1 aliphatic heterocycles. The first-order valence-corrected chi connectivity index (χ1v) is 7.34. The molecule has 1 fully saturated rings. The number of amides is 1. The van der Waals surface area contributed by atoms with Crippen molar-refractivity contribution in [1.29, 1.82) is 0 Å². The van der Waals surface area contributed by atoms with E-state index in [2.05, 4.69) is 9.88 Å². The molecule has 0 saturated heterocycles. The van der Waals surface area contributed by atoms with E-state index in [0.29, 0.717) is 6.42 Å². The Morgan fingerprint density at radius 3 is 3.00 bits per heavy atom. The fraction of sp³-hybridized carbons (Fsp3) is 0.800. The van der Waals surface area contributed by atoms with Gasteiger partial charge in [-0.1, -0.05) is 5.16 Å². The van der Waals surface area contributed by atoms with Gasteiger partial charge in [0.15, 0.2) is 0 Å². The van der Waals surface area contributed by atoms with E-state index in [0.717, 1.165) is 18.6 Å². The number of hydrogen-bond donors (Lipinski definition) is 1. The molecule has 0 aromatic carbocycles. The fourth-order valence-electron chi connectivity index (χ4n) is 2.46. The van der Waals surface area contributed by atoms with Crippen molar-refractivity contribution < 1.29 is 18.0 Å². The van der Waals surface area contributed by atoms with Crippen LogP contribution in [-0.4, -0.2) is 31.4 Å². The highest BCUT2D eigenvalue weighted by Crippen LogP contribution is 2.44. The Balaban J connectivity index is 2.20. The molecule has 2 atom stereocenters. The number of sulfonamides is 1. The monoisotopic (exact) mass is 260 g/mol. The minimum Gasteiger partial charge on any atom is -0.378 e. The standard InChI is InChI=1S/C10H16N2O4S/c1-3-17(14,15)12-9(13)10-6-4-5-8(10)7(2)11-16-10/h8H,3-6H2,1-2H3,(H,12,13). The van der Waals surface area contributed by atoms with Crippen molar-refractivity contribution in [3.8, 4) is 0 Å². The molecule has 6 nitrogen and oxygen atoms in total. The molecule has 96 valence electrons. The summed E-state index contributed by atoms with van der Waals surface area (Å²) in [5.41, 5.74) is -0.321. The fourth-order valence-corrected chi connectivity index (χ4v) is 3.06. The first-order valence-electron chi connectivity index (χ1n) is 5.69. The van der Waals surface area contributed by atoms with Gasteiger partial charge in [-0.05, 0) is 33.1 Å². The van der Waals surface area contributed by atoms with E-state index in [-0.39, 0.29) is 11.7 Å². The highest BCUT2D eigenvalue weighted by atomic mass is 32.2. The van der Waals surface area contributed by atoms with Gasteiger partial charge >= 0.3 is 0 Å². The maximum atomic E-state index is 12.1. The molecule has 1 N–H and O–H groups in total. The number of hydrogen-bond acceptors (Lipinski definition) is 5. The predicted molar refractivity (Wildman–Crippen MR) is 61.9 cm³/mol. The molecule has 0 spiro atoms. The Kier molecular flexibility index (Phi) is 2.89. The number of oxime groups is 1. The van der Waals surface area contributed by atoms with E-state index in [1.54, 1.807) is 6.92 Å². The van der Waals surface area contributed by atoms with Gasteiger partial charge in [0, 0.05) is 0 Å². The Hall–Kier alpha value is -1.11. The van der Waals surface area contributed by atoms with Crippen LogP contribution in [0.1, 0.15) is 33.1 Å². The van der Waals surface area contributed by atoms with E-state index in [1.807, 2.05) is 0 Å². The summed E-state index contributed by atoms with van der Waals surface area (Å²) in [6.07, 6.45) is 2.18. The highest BCUT2D eigenvalue weighted by Gasteiger charge is 2.57. The van der Waals surface area contributed by atoms with E-state index in [1.165, 1.54) is 6.92 Å². The summed E-state index contributed by atoms with van der Waals surface area (Å²) >= 11 is 0. The van der Waals surface area contributed by atoms with E-state index >= 15 is 0 Å². The van der Waals surface area contributed by atoms with Gasteiger partial charge in [-0.3, -0.25) is 4.79 Å². The summed E-state index contributed by atoms with van der Waals surface area (Å²) in [5, 5.41) is 3.83. The third kappa shape index (κ3) is 1.92. The van der Waals surface area contributed by atoms with Gasteiger partial charge in [-0.2, -0.15) is 0 Å². The zero-order valence-corrected chi connectivity index (χ0v) is 10.7. The molecular formula is C10H16N2O4S. The van der Waals surface area contributed by atoms with Crippen molar-refractivity contribution in [2.75, 3.05) is 5.75 Å². The number of rotatable bonds is 3. The van der Waals surface area contributed by atoms with Crippen LogP contribution in [0.15, 0.2) is 5.16 Å². The summed E-state index contributed by atoms with van der Waals surface area (Å²) in [6.45, 7) is 3.29. The summed E-state index contributed by atoms with van der Waals surface area (Å²) < 4.78 is 24.9. The van der Waals surface area contributed by atoms with Gasteiger partial charge < -0.3 is 4.84 Å². The van der Waals surface area contributed by atoms with Gasteiger partial charge in [0.05, 0.1) is 17.4 Å². The molecular weight excluding hydrogens is 244 g/mol. The molecule has 7 heteroatoms. The predicted octanol–water partition coefficient (Wildman–Crippen LogP) is 0.397. The second-order valence-electron chi connectivity index (χ2n) is 4.49. The Morgan fingerprint density at radius 1 is 1.65 bits per heavy atom. The largest absolute Gasteiger partial charge is 0.378 e. The summed E-state index contributed by atoms with van der Waals surface area (Å²) in [7, 11) is -3.55. The number of carbonyl (C=O) groups excluding carboxylic acids is 1. The Labute approximate surface area is 100 Å². The molecule has 0 bridgehead atoms. The molecule has 0 aromatic heterocycles. The summed E-state index contributed by atoms with van der Waals surface area (Å²) in [4.78, 5) is 17.3. The van der Waals surface area contributed by atoms with Crippen molar-refractivity contribution in [3.63, 3.8) is 0 Å². The zero-order valence-electron chi connectivity index (χ0n) is 9.89. The number of nitrogens with zero attached hydrogens (tertiary/aromatic N) is 1. The van der Waals surface area contributed by atoms with Crippen LogP contribution in [0.4, 0.5) is 0 Å². The normalized spacial score (nSPS) is 31.6. The molecule has 1 amide bonds. The van der Waals surface area contributed by atoms with Crippen molar-refractivity contribution in [2.24, 2.45) is 11.1 Å². The number of fused-ring (bicyclic) bond motifs is 1. The van der Waals surface area contributed by atoms with Gasteiger partial charge in [0.25, 0.3) is 5.91 Å². The lowest BCUT2D eigenvalue weighted by Gasteiger charge is -2.25. The first kappa shape index (κ1) is 12.3. The van der Waals surface area contributed by atoms with Crippen LogP contribution in [0.2, 0.25) is 0 Å². The third-order valence-electron chi connectivity index (χ3n) is 3.47. The SMILES string of the molecule is CCS(=O)(=O)NC(=O)C12CCCC1C(C)=NO2. The van der Waals surface area contributed by atoms with Gasteiger partial charge in [-0.15, -0.1) is 0 Å². The van der Waals surface area contributed by atoms with Gasteiger partial charge in [0.1, 0.15) is 0 Å². The van der Waals surface area contributed by atoms with Crippen LogP contribution in [0.5, 0.6) is 0 Å². The quantitative estimate of drug-likeness (QED) is 0.795. The smallest absolute Gasteiger partial charge is 0.281 e. The molecule has 1 aliphatic carbocycles. The summed E-state index contributed by atoms with van der Waals surface area (Å²) in [5.74, 6) is -0.795. The van der Waals surface area contributed by atoms with Crippen LogP contribution >= 0.6 is 0 Å². The lowest BCUT2D eigenvalue weighted by Crippen LogP contribution is -2.51. The molecule has 2 rings (SSSR count). The van der Waals surface area contributed by atoms with Gasteiger partial charge in [0.2, 0.25) is 15.6 Å². The van der Waals surface area contributed by atoms with E-state index in [4.69, 9.17) is 4.84 Å². The number of nitrogens with one attached hydrogen (secondary N) is 1. The van der Waals surface area contributed by atoms with Crippen LogP contribution < -0.4 is 4.72 Å². The molecule has 0 radical (unpaired) electrons. The second-order valence-corrected chi connectivity index (χ2v) is 6.50. The average Bonchev–Trinajstić information content (AvgIpc) is 2.81. The minimum atomic E-state index is -3.55. The lowest BCUT2D eigenvalue weighted by atomic mass is 9.88. The Bertz CT molecular complexity index is 471.